The lowest BCUT2D eigenvalue weighted by Gasteiger charge is -1.97. The van der Waals surface area contributed by atoms with E-state index in [2.05, 4.69) is 10.8 Å². The second kappa shape index (κ2) is 4.31. The summed E-state index contributed by atoms with van der Waals surface area (Å²) in [6, 6.07) is 2.48. The number of hydrazone groups is 1. The fourth-order valence-corrected chi connectivity index (χ4v) is 0.794. The van der Waals surface area contributed by atoms with E-state index < -0.39 is 17.7 Å². The first-order valence-electron chi connectivity index (χ1n) is 3.64. The number of primary amides is 1. The highest BCUT2D eigenvalue weighted by Gasteiger charge is 2.04. The molecule has 0 heterocycles. The van der Waals surface area contributed by atoms with E-state index in [0.717, 1.165) is 18.3 Å². The van der Waals surface area contributed by atoms with E-state index in [1.807, 2.05) is 5.43 Å². The van der Waals surface area contributed by atoms with Gasteiger partial charge in [0, 0.05) is 0 Å². The van der Waals surface area contributed by atoms with E-state index in [4.69, 9.17) is 0 Å². The molecule has 0 aliphatic rings. The van der Waals surface area contributed by atoms with Crippen LogP contribution in [0.3, 0.4) is 0 Å². The van der Waals surface area contributed by atoms with Crippen LogP contribution in [-0.4, -0.2) is 12.2 Å². The lowest BCUT2D eigenvalue weighted by molar-refractivity contribution is 0.249. The van der Waals surface area contributed by atoms with Crippen LogP contribution in [0.1, 0.15) is 5.56 Å². The molecule has 0 aliphatic carbocycles. The largest absolute Gasteiger partial charge is 0.350 e. The van der Waals surface area contributed by atoms with Crippen molar-refractivity contribution in [2.45, 2.75) is 0 Å². The van der Waals surface area contributed by atoms with Crippen LogP contribution in [0, 0.1) is 11.6 Å². The number of hydrogen-bond acceptors (Lipinski definition) is 2. The first kappa shape index (κ1) is 10.1. The van der Waals surface area contributed by atoms with E-state index >= 15 is 0 Å². The maximum Gasteiger partial charge on any atom is 0.332 e. The van der Waals surface area contributed by atoms with Crippen molar-refractivity contribution in [3.8, 4) is 0 Å². The Kier molecular flexibility index (Phi) is 3.11. The zero-order chi connectivity index (χ0) is 10.6. The summed E-state index contributed by atoms with van der Waals surface area (Å²) in [6.45, 7) is 0. The van der Waals surface area contributed by atoms with Gasteiger partial charge in [-0.15, -0.1) is 0 Å². The molecule has 0 aromatic heterocycles. The zero-order valence-electron chi connectivity index (χ0n) is 7.00. The van der Waals surface area contributed by atoms with Gasteiger partial charge in [0.15, 0.2) is 0 Å². The predicted octanol–water partition coefficient (Wildman–Crippen LogP) is 0.967. The number of nitrogens with two attached hydrogens (primary N) is 1. The topological polar surface area (TPSA) is 67.5 Å². The molecule has 0 unspecified atom stereocenters. The number of hydrogen-bond donors (Lipinski definition) is 2. The van der Waals surface area contributed by atoms with Gasteiger partial charge in [-0.3, -0.25) is 0 Å². The lowest BCUT2D eigenvalue weighted by Crippen LogP contribution is -2.24. The average molecular weight is 199 g/mol. The van der Waals surface area contributed by atoms with E-state index in [1.54, 1.807) is 0 Å². The normalized spacial score (nSPS) is 10.4. The summed E-state index contributed by atoms with van der Waals surface area (Å²) in [4.78, 5) is 10.2. The third-order valence-corrected chi connectivity index (χ3v) is 1.37. The molecule has 0 radical (unpaired) electrons. The van der Waals surface area contributed by atoms with Gasteiger partial charge < -0.3 is 5.73 Å². The molecule has 4 nitrogen and oxygen atoms in total. The minimum atomic E-state index is -0.905. The van der Waals surface area contributed by atoms with Gasteiger partial charge in [0.2, 0.25) is 0 Å². The van der Waals surface area contributed by atoms with Crippen LogP contribution in [0.2, 0.25) is 0 Å². The molecule has 1 rings (SSSR count). The molecule has 0 aliphatic heterocycles. The highest BCUT2D eigenvalue weighted by atomic mass is 19.1. The molecule has 3 N–H and O–H groups in total. The number of nitrogens with one attached hydrogen (secondary N) is 1. The summed E-state index contributed by atoms with van der Waals surface area (Å²) in [5, 5.41) is 3.23. The molecular weight excluding hydrogens is 192 g/mol. The summed E-state index contributed by atoms with van der Waals surface area (Å²) in [7, 11) is 0. The lowest BCUT2D eigenvalue weighted by atomic mass is 10.2. The van der Waals surface area contributed by atoms with Crippen molar-refractivity contribution in [3.05, 3.63) is 35.4 Å². The summed E-state index contributed by atoms with van der Waals surface area (Å²) in [6.07, 6.45) is 0.843. The van der Waals surface area contributed by atoms with E-state index in [0.29, 0.717) is 0 Å². The van der Waals surface area contributed by atoms with Crippen LogP contribution >= 0.6 is 0 Å². The second-order valence-corrected chi connectivity index (χ2v) is 2.37. The van der Waals surface area contributed by atoms with Crippen molar-refractivity contribution in [2.75, 3.05) is 0 Å². The molecule has 0 atom stereocenters. The molecule has 0 saturated heterocycles. The Morgan fingerprint density at radius 2 is 2.00 bits per heavy atom. The first-order chi connectivity index (χ1) is 6.61. The second-order valence-electron chi connectivity index (χ2n) is 2.37. The molecule has 0 bridgehead atoms. The van der Waals surface area contributed by atoms with Gasteiger partial charge in [0.05, 0.1) is 11.8 Å². The van der Waals surface area contributed by atoms with Gasteiger partial charge in [-0.25, -0.2) is 19.0 Å². The SMILES string of the molecule is NC(=O)N/N=C/c1c(F)cccc1F. The Balaban J connectivity index is 2.85. The highest BCUT2D eigenvalue weighted by Crippen LogP contribution is 2.08. The van der Waals surface area contributed by atoms with Gasteiger partial charge in [-0.05, 0) is 12.1 Å². The molecular formula is C8H7F2N3O. The minimum Gasteiger partial charge on any atom is -0.350 e. The van der Waals surface area contributed by atoms with Crippen molar-refractivity contribution in [2.24, 2.45) is 10.8 Å². The molecule has 74 valence electrons. The van der Waals surface area contributed by atoms with Crippen LogP contribution in [0.4, 0.5) is 13.6 Å². The van der Waals surface area contributed by atoms with Crippen LogP contribution in [0.5, 0.6) is 0 Å². The molecule has 1 aromatic rings. The molecule has 14 heavy (non-hydrogen) atoms. The smallest absolute Gasteiger partial charge is 0.332 e. The summed E-state index contributed by atoms with van der Waals surface area (Å²) < 4.78 is 25.8. The number of nitrogens with zero attached hydrogens (tertiary/aromatic N) is 1. The maximum absolute atomic E-state index is 12.9. The van der Waals surface area contributed by atoms with Crippen molar-refractivity contribution in [1.29, 1.82) is 0 Å². The number of carbonyl (C=O) groups is 1. The van der Waals surface area contributed by atoms with Crippen molar-refractivity contribution >= 4 is 12.2 Å². The third-order valence-electron chi connectivity index (χ3n) is 1.37. The molecule has 0 fully saturated rings. The third kappa shape index (κ3) is 2.51. The van der Waals surface area contributed by atoms with Crippen LogP contribution in [0.25, 0.3) is 0 Å². The molecule has 6 heteroatoms. The van der Waals surface area contributed by atoms with Gasteiger partial charge in [-0.2, -0.15) is 5.10 Å². The van der Waals surface area contributed by atoms with Gasteiger partial charge in [0.25, 0.3) is 0 Å². The van der Waals surface area contributed by atoms with Crippen molar-refractivity contribution in [3.63, 3.8) is 0 Å². The number of benzene rings is 1. The number of urea groups is 1. The number of amides is 2. The molecule has 0 saturated carbocycles. The van der Waals surface area contributed by atoms with Crippen LogP contribution in [-0.2, 0) is 0 Å². The predicted molar refractivity (Wildman–Crippen MR) is 46.7 cm³/mol. The minimum absolute atomic E-state index is 0.332. The van der Waals surface area contributed by atoms with Crippen LogP contribution < -0.4 is 11.2 Å². The van der Waals surface area contributed by atoms with E-state index in [1.165, 1.54) is 6.07 Å². The van der Waals surface area contributed by atoms with E-state index in [-0.39, 0.29) is 5.56 Å². The van der Waals surface area contributed by atoms with Crippen LogP contribution in [0.15, 0.2) is 23.3 Å². The summed E-state index contributed by atoms with van der Waals surface area (Å²) in [5.74, 6) is -1.53. The number of halogens is 2. The fraction of sp³-hybridized carbons (Fsp3) is 0. The maximum atomic E-state index is 12.9. The van der Waals surface area contributed by atoms with Crippen molar-refractivity contribution < 1.29 is 13.6 Å². The zero-order valence-corrected chi connectivity index (χ0v) is 7.00. The Bertz CT molecular complexity index is 359. The quantitative estimate of drug-likeness (QED) is 0.540. The molecule has 1 aromatic carbocycles. The van der Waals surface area contributed by atoms with Crippen molar-refractivity contribution in [1.82, 2.24) is 5.43 Å². The Morgan fingerprint density at radius 1 is 1.43 bits per heavy atom. The summed E-state index contributed by atoms with van der Waals surface area (Å²) in [5.41, 5.74) is 6.17. The molecule has 0 spiro atoms. The fourth-order valence-electron chi connectivity index (χ4n) is 0.794. The first-order valence-corrected chi connectivity index (χ1v) is 3.64. The average Bonchev–Trinajstić information content (AvgIpc) is 2.09. The monoisotopic (exact) mass is 199 g/mol. The summed E-state index contributed by atoms with van der Waals surface area (Å²) >= 11 is 0. The number of carbonyl (C=O) groups excluding carboxylic acids is 1. The Morgan fingerprint density at radius 3 is 2.50 bits per heavy atom. The Labute approximate surface area is 78.4 Å². The van der Waals surface area contributed by atoms with E-state index in [9.17, 15) is 13.6 Å². The highest BCUT2D eigenvalue weighted by molar-refractivity contribution is 5.81. The standard InChI is InChI=1S/C8H7F2N3O/c9-6-2-1-3-7(10)5(6)4-12-13-8(11)14/h1-4H,(H3,11,13,14)/b12-4+. The van der Waals surface area contributed by atoms with Gasteiger partial charge in [-0.1, -0.05) is 6.07 Å². The Hall–Kier alpha value is -1.98. The van der Waals surface area contributed by atoms with Gasteiger partial charge in [0.1, 0.15) is 11.6 Å². The van der Waals surface area contributed by atoms with Gasteiger partial charge >= 0.3 is 6.03 Å². The number of rotatable bonds is 2. The molecule has 2 amide bonds.